The molecule has 0 N–H and O–H groups in total. The number of aryl methyl sites for hydroxylation is 1. The second kappa shape index (κ2) is 4.61. The molecule has 1 fully saturated rings. The van der Waals surface area contributed by atoms with E-state index in [2.05, 4.69) is 43.1 Å². The van der Waals surface area contributed by atoms with Gasteiger partial charge < -0.3 is 4.90 Å². The highest BCUT2D eigenvalue weighted by Crippen LogP contribution is 2.36. The van der Waals surface area contributed by atoms with E-state index in [1.54, 1.807) is 6.92 Å². The van der Waals surface area contributed by atoms with Crippen LogP contribution in [0.3, 0.4) is 0 Å². The summed E-state index contributed by atoms with van der Waals surface area (Å²) in [5.74, 6) is 0.314. The Morgan fingerprint density at radius 3 is 2.18 bits per heavy atom. The van der Waals surface area contributed by atoms with Crippen molar-refractivity contribution in [2.45, 2.75) is 32.1 Å². The Bertz CT molecular complexity index is 399. The second-order valence-electron chi connectivity index (χ2n) is 5.31. The highest BCUT2D eigenvalue weighted by Gasteiger charge is 2.39. The molecule has 0 aliphatic carbocycles. The van der Waals surface area contributed by atoms with Crippen molar-refractivity contribution in [1.82, 2.24) is 4.90 Å². The van der Waals surface area contributed by atoms with Gasteiger partial charge in [0.25, 0.3) is 0 Å². The van der Waals surface area contributed by atoms with E-state index in [9.17, 15) is 4.79 Å². The van der Waals surface area contributed by atoms with Crippen molar-refractivity contribution in [3.63, 3.8) is 0 Å². The quantitative estimate of drug-likeness (QED) is 0.779. The fourth-order valence-electron chi connectivity index (χ4n) is 2.72. The van der Waals surface area contributed by atoms with Gasteiger partial charge in [0.05, 0.1) is 5.41 Å². The number of hydrogen-bond acceptors (Lipinski definition) is 2. The second-order valence-corrected chi connectivity index (χ2v) is 5.31. The molecule has 1 aliphatic heterocycles. The predicted octanol–water partition coefficient (Wildman–Crippen LogP) is 2.55. The Morgan fingerprint density at radius 1 is 1.18 bits per heavy atom. The van der Waals surface area contributed by atoms with Crippen LogP contribution in [0.15, 0.2) is 24.3 Å². The van der Waals surface area contributed by atoms with Crippen molar-refractivity contribution in [3.05, 3.63) is 35.4 Å². The highest BCUT2D eigenvalue weighted by atomic mass is 16.1. The molecule has 2 rings (SSSR count). The molecule has 17 heavy (non-hydrogen) atoms. The summed E-state index contributed by atoms with van der Waals surface area (Å²) in [6.07, 6.45) is 1.89. The fraction of sp³-hybridized carbons (Fsp3) is 0.533. The summed E-state index contributed by atoms with van der Waals surface area (Å²) in [6, 6.07) is 8.47. The van der Waals surface area contributed by atoms with E-state index in [0.29, 0.717) is 5.78 Å². The molecule has 1 aromatic carbocycles. The molecule has 1 saturated heterocycles. The monoisotopic (exact) mass is 231 g/mol. The maximum atomic E-state index is 12.1. The van der Waals surface area contributed by atoms with Crippen molar-refractivity contribution in [1.29, 1.82) is 0 Å². The van der Waals surface area contributed by atoms with Gasteiger partial charge in [-0.25, -0.2) is 0 Å². The molecule has 0 atom stereocenters. The van der Waals surface area contributed by atoms with Crippen LogP contribution in [0.4, 0.5) is 0 Å². The minimum atomic E-state index is -0.236. The van der Waals surface area contributed by atoms with Gasteiger partial charge in [-0.2, -0.15) is 0 Å². The molecular formula is C15H21NO. The van der Waals surface area contributed by atoms with Gasteiger partial charge in [-0.05, 0) is 52.4 Å². The number of ketones is 1. The average molecular weight is 231 g/mol. The first-order valence-corrected chi connectivity index (χ1v) is 6.31. The Labute approximate surface area is 104 Å². The number of benzene rings is 1. The lowest BCUT2D eigenvalue weighted by Crippen LogP contribution is -2.45. The van der Waals surface area contributed by atoms with E-state index in [1.807, 2.05) is 0 Å². The van der Waals surface area contributed by atoms with Crippen molar-refractivity contribution in [2.24, 2.45) is 0 Å². The topological polar surface area (TPSA) is 20.3 Å². The van der Waals surface area contributed by atoms with Crippen LogP contribution in [-0.2, 0) is 10.2 Å². The van der Waals surface area contributed by atoms with E-state index in [0.717, 1.165) is 25.9 Å². The average Bonchev–Trinajstić information content (AvgIpc) is 2.31. The van der Waals surface area contributed by atoms with Crippen LogP contribution in [0.25, 0.3) is 0 Å². The summed E-state index contributed by atoms with van der Waals surface area (Å²) >= 11 is 0. The molecular weight excluding hydrogens is 210 g/mol. The van der Waals surface area contributed by atoms with Crippen LogP contribution >= 0.6 is 0 Å². The van der Waals surface area contributed by atoms with Crippen molar-refractivity contribution >= 4 is 5.78 Å². The maximum Gasteiger partial charge on any atom is 0.140 e. The molecule has 2 nitrogen and oxygen atoms in total. The minimum absolute atomic E-state index is 0.236. The van der Waals surface area contributed by atoms with E-state index < -0.39 is 0 Å². The van der Waals surface area contributed by atoms with Crippen LogP contribution in [0.5, 0.6) is 0 Å². The lowest BCUT2D eigenvalue weighted by molar-refractivity contribution is -0.124. The van der Waals surface area contributed by atoms with Gasteiger partial charge in [0.1, 0.15) is 5.78 Å². The Morgan fingerprint density at radius 2 is 1.71 bits per heavy atom. The third-order valence-electron chi connectivity index (χ3n) is 4.12. The largest absolute Gasteiger partial charge is 0.306 e. The number of Topliss-reactive ketones (excluding diaryl/α,β-unsaturated/α-hetero) is 1. The molecule has 0 radical (unpaired) electrons. The van der Waals surface area contributed by atoms with Gasteiger partial charge in [-0.3, -0.25) is 4.79 Å². The van der Waals surface area contributed by atoms with Gasteiger partial charge >= 0.3 is 0 Å². The first kappa shape index (κ1) is 12.3. The molecule has 1 aliphatic rings. The highest BCUT2D eigenvalue weighted by molar-refractivity contribution is 5.88. The normalized spacial score (nSPS) is 20.2. The summed E-state index contributed by atoms with van der Waals surface area (Å²) in [5.41, 5.74) is 2.21. The SMILES string of the molecule is CC(=O)C1(c2ccc(C)cc2)CCN(C)CC1. The number of carbonyl (C=O) groups excluding carboxylic acids is 1. The smallest absolute Gasteiger partial charge is 0.140 e. The van der Waals surface area contributed by atoms with Crippen molar-refractivity contribution < 1.29 is 4.79 Å². The number of likely N-dealkylation sites (tertiary alicyclic amines) is 1. The number of carbonyl (C=O) groups is 1. The van der Waals surface area contributed by atoms with Crippen molar-refractivity contribution in [3.8, 4) is 0 Å². The molecule has 0 aromatic heterocycles. The third-order valence-corrected chi connectivity index (χ3v) is 4.12. The van der Waals surface area contributed by atoms with E-state index >= 15 is 0 Å². The molecule has 1 aromatic rings. The third kappa shape index (κ3) is 2.27. The van der Waals surface area contributed by atoms with Crippen LogP contribution in [0.1, 0.15) is 30.9 Å². The van der Waals surface area contributed by atoms with E-state index in [-0.39, 0.29) is 5.41 Å². The first-order valence-electron chi connectivity index (χ1n) is 6.31. The summed E-state index contributed by atoms with van der Waals surface area (Å²) in [4.78, 5) is 14.4. The first-order chi connectivity index (χ1) is 8.04. The number of rotatable bonds is 2. The Kier molecular flexibility index (Phi) is 3.34. The Balaban J connectivity index is 2.35. The van der Waals surface area contributed by atoms with Crippen LogP contribution in [0.2, 0.25) is 0 Å². The van der Waals surface area contributed by atoms with Gasteiger partial charge in [-0.15, -0.1) is 0 Å². The summed E-state index contributed by atoms with van der Waals surface area (Å²) < 4.78 is 0. The predicted molar refractivity (Wildman–Crippen MR) is 70.3 cm³/mol. The van der Waals surface area contributed by atoms with E-state index in [4.69, 9.17) is 0 Å². The van der Waals surface area contributed by atoms with E-state index in [1.165, 1.54) is 11.1 Å². The zero-order valence-electron chi connectivity index (χ0n) is 11.0. The minimum Gasteiger partial charge on any atom is -0.306 e. The zero-order chi connectivity index (χ0) is 12.5. The maximum absolute atomic E-state index is 12.1. The van der Waals surface area contributed by atoms with Gasteiger partial charge in [0.2, 0.25) is 0 Å². The molecule has 2 heteroatoms. The van der Waals surface area contributed by atoms with Crippen LogP contribution in [0, 0.1) is 6.92 Å². The number of nitrogens with zero attached hydrogens (tertiary/aromatic N) is 1. The Hall–Kier alpha value is -1.15. The van der Waals surface area contributed by atoms with Crippen LogP contribution < -0.4 is 0 Å². The molecule has 0 bridgehead atoms. The molecule has 0 spiro atoms. The number of piperidine rings is 1. The molecule has 1 heterocycles. The summed E-state index contributed by atoms with van der Waals surface area (Å²) in [5, 5.41) is 0. The van der Waals surface area contributed by atoms with Gasteiger partial charge in [-0.1, -0.05) is 29.8 Å². The standard InChI is InChI=1S/C15H21NO/c1-12-4-6-14(7-5-12)15(13(2)17)8-10-16(3)11-9-15/h4-7H,8-11H2,1-3H3. The molecule has 0 saturated carbocycles. The lowest BCUT2D eigenvalue weighted by Gasteiger charge is -2.39. The van der Waals surface area contributed by atoms with Crippen molar-refractivity contribution in [2.75, 3.05) is 20.1 Å². The molecule has 0 amide bonds. The molecule has 92 valence electrons. The number of hydrogen-bond donors (Lipinski definition) is 0. The lowest BCUT2D eigenvalue weighted by atomic mass is 9.70. The summed E-state index contributed by atoms with van der Waals surface area (Å²) in [6.45, 7) is 5.84. The molecule has 0 unspecified atom stereocenters. The van der Waals surface area contributed by atoms with Gasteiger partial charge in [0, 0.05) is 0 Å². The van der Waals surface area contributed by atoms with Gasteiger partial charge in [0.15, 0.2) is 0 Å². The van der Waals surface area contributed by atoms with Crippen LogP contribution in [-0.4, -0.2) is 30.8 Å². The zero-order valence-corrected chi connectivity index (χ0v) is 11.0. The summed E-state index contributed by atoms with van der Waals surface area (Å²) in [7, 11) is 2.12. The fourth-order valence-corrected chi connectivity index (χ4v) is 2.72.